The second-order valence-electron chi connectivity index (χ2n) is 6.49. The number of nitro benzene ring substituents is 1. The van der Waals surface area contributed by atoms with E-state index >= 15 is 0 Å². The molecule has 1 aliphatic rings. The number of ether oxygens (including phenoxy) is 1. The van der Waals surface area contributed by atoms with Crippen LogP contribution in [0.3, 0.4) is 0 Å². The molecule has 0 amide bonds. The van der Waals surface area contributed by atoms with Crippen molar-refractivity contribution in [2.75, 3.05) is 43.0 Å². The molecular weight excluding hydrogens is 403 g/mol. The van der Waals surface area contributed by atoms with E-state index in [4.69, 9.17) is 16.3 Å². The Labute approximate surface area is 175 Å². The van der Waals surface area contributed by atoms with E-state index < -0.39 is 0 Å². The second kappa shape index (κ2) is 10.4. The second-order valence-corrected chi connectivity index (χ2v) is 6.93. The molecule has 1 fully saturated rings. The van der Waals surface area contributed by atoms with Gasteiger partial charge in [0.2, 0.25) is 0 Å². The summed E-state index contributed by atoms with van der Waals surface area (Å²) in [4.78, 5) is 13.2. The zero-order valence-electron chi connectivity index (χ0n) is 15.6. The highest BCUT2D eigenvalue weighted by molar-refractivity contribution is 6.30. The van der Waals surface area contributed by atoms with Gasteiger partial charge in [-0.3, -0.25) is 10.1 Å². The molecule has 0 spiro atoms. The smallest absolute Gasteiger partial charge is 0.292 e. The molecule has 1 aliphatic heterocycles. The molecule has 152 valence electrons. The lowest BCUT2D eigenvalue weighted by molar-refractivity contribution is -0.383. The number of nitro groups is 1. The van der Waals surface area contributed by atoms with Gasteiger partial charge >= 0.3 is 0 Å². The van der Waals surface area contributed by atoms with E-state index in [0.717, 1.165) is 25.3 Å². The van der Waals surface area contributed by atoms with Gasteiger partial charge in [0.1, 0.15) is 18.0 Å². The fourth-order valence-corrected chi connectivity index (χ4v) is 3.20. The summed E-state index contributed by atoms with van der Waals surface area (Å²) in [6.07, 6.45) is 0. The summed E-state index contributed by atoms with van der Waals surface area (Å²) in [6.45, 7) is 5.61. The highest BCUT2D eigenvalue weighted by atomic mass is 35.5. The van der Waals surface area contributed by atoms with Crippen LogP contribution in [-0.4, -0.2) is 43.8 Å². The minimum atomic E-state index is -0.369. The molecule has 0 saturated carbocycles. The zero-order valence-corrected chi connectivity index (χ0v) is 17.1. The Hall–Kier alpha value is -2.22. The van der Waals surface area contributed by atoms with Crippen molar-refractivity contribution in [3.8, 4) is 5.75 Å². The number of halogens is 2. The summed E-state index contributed by atoms with van der Waals surface area (Å²) < 4.78 is 5.63. The lowest BCUT2D eigenvalue weighted by atomic mass is 10.1. The quantitative estimate of drug-likeness (QED) is 0.396. The van der Waals surface area contributed by atoms with Crippen LogP contribution < -0.4 is 20.3 Å². The molecule has 7 nitrogen and oxygen atoms in total. The molecule has 0 bridgehead atoms. The Kier molecular flexibility index (Phi) is 8.17. The molecule has 1 unspecified atom stereocenters. The van der Waals surface area contributed by atoms with Crippen molar-refractivity contribution in [2.45, 2.75) is 13.0 Å². The van der Waals surface area contributed by atoms with E-state index in [1.54, 1.807) is 30.3 Å². The molecule has 28 heavy (non-hydrogen) atoms. The van der Waals surface area contributed by atoms with Crippen molar-refractivity contribution in [2.24, 2.45) is 0 Å². The molecule has 2 aromatic carbocycles. The lowest BCUT2D eigenvalue weighted by Gasteiger charge is -2.33. The zero-order chi connectivity index (χ0) is 19.2. The minimum absolute atomic E-state index is 0. The van der Waals surface area contributed by atoms with Crippen LogP contribution in [0.15, 0.2) is 42.5 Å². The Morgan fingerprint density at radius 1 is 1.32 bits per heavy atom. The minimum Gasteiger partial charge on any atom is -0.492 e. The van der Waals surface area contributed by atoms with Gasteiger partial charge in [-0.15, -0.1) is 12.4 Å². The third kappa shape index (κ3) is 5.89. The SMILES string of the molecule is CC1CN(c2ccc([N+](=O)[O-])c(NCCOc3ccc(Cl)cc3)c2)CCN1.Cl. The summed E-state index contributed by atoms with van der Waals surface area (Å²) in [6, 6.07) is 12.7. The fraction of sp³-hybridized carbons (Fsp3) is 0.368. The first-order valence-electron chi connectivity index (χ1n) is 8.92. The van der Waals surface area contributed by atoms with Crippen molar-refractivity contribution >= 4 is 41.1 Å². The fourth-order valence-electron chi connectivity index (χ4n) is 3.07. The summed E-state index contributed by atoms with van der Waals surface area (Å²) in [5, 5.41) is 18.5. The number of hydrogen-bond acceptors (Lipinski definition) is 6. The van der Waals surface area contributed by atoms with Gasteiger partial charge in [0.05, 0.1) is 4.92 Å². The maximum atomic E-state index is 11.3. The summed E-state index contributed by atoms with van der Waals surface area (Å²) in [7, 11) is 0. The van der Waals surface area contributed by atoms with Gasteiger partial charge in [-0.25, -0.2) is 0 Å². The van der Waals surface area contributed by atoms with Crippen molar-refractivity contribution in [3.63, 3.8) is 0 Å². The Balaban J connectivity index is 0.00000280. The number of anilines is 2. The molecule has 3 rings (SSSR count). The first-order valence-corrected chi connectivity index (χ1v) is 9.30. The highest BCUT2D eigenvalue weighted by Gasteiger charge is 2.20. The van der Waals surface area contributed by atoms with E-state index in [1.807, 2.05) is 12.1 Å². The normalized spacial score (nSPS) is 16.2. The Morgan fingerprint density at radius 3 is 2.75 bits per heavy atom. The molecule has 2 N–H and O–H groups in total. The molecule has 1 saturated heterocycles. The van der Waals surface area contributed by atoms with Crippen molar-refractivity contribution < 1.29 is 9.66 Å². The molecule has 1 atom stereocenters. The monoisotopic (exact) mass is 426 g/mol. The van der Waals surface area contributed by atoms with Gasteiger partial charge in [0.15, 0.2) is 0 Å². The Morgan fingerprint density at radius 2 is 2.07 bits per heavy atom. The molecule has 2 aromatic rings. The average Bonchev–Trinajstić information content (AvgIpc) is 2.66. The average molecular weight is 427 g/mol. The maximum Gasteiger partial charge on any atom is 0.292 e. The van der Waals surface area contributed by atoms with Crippen LogP contribution in [0.5, 0.6) is 5.75 Å². The van der Waals surface area contributed by atoms with Crippen LogP contribution in [0.4, 0.5) is 17.1 Å². The van der Waals surface area contributed by atoms with Crippen LogP contribution in [0.25, 0.3) is 0 Å². The number of rotatable bonds is 7. The van der Waals surface area contributed by atoms with Gasteiger partial charge in [0, 0.05) is 49.0 Å². The molecule has 0 aliphatic carbocycles. The number of nitrogens with zero attached hydrogens (tertiary/aromatic N) is 2. The summed E-state index contributed by atoms with van der Waals surface area (Å²) >= 11 is 5.85. The number of hydrogen-bond donors (Lipinski definition) is 2. The summed E-state index contributed by atoms with van der Waals surface area (Å²) in [5.74, 6) is 0.708. The molecule has 0 aromatic heterocycles. The van der Waals surface area contributed by atoms with Crippen LogP contribution in [0.2, 0.25) is 5.02 Å². The van der Waals surface area contributed by atoms with Gasteiger partial charge in [-0.1, -0.05) is 11.6 Å². The number of nitrogens with one attached hydrogen (secondary N) is 2. The van der Waals surface area contributed by atoms with Crippen LogP contribution in [0.1, 0.15) is 6.92 Å². The van der Waals surface area contributed by atoms with Crippen LogP contribution >= 0.6 is 24.0 Å². The van der Waals surface area contributed by atoms with Crippen LogP contribution in [-0.2, 0) is 0 Å². The van der Waals surface area contributed by atoms with Gasteiger partial charge in [-0.2, -0.15) is 0 Å². The van der Waals surface area contributed by atoms with E-state index in [0.29, 0.717) is 35.7 Å². The first kappa shape index (κ1) is 22.1. The maximum absolute atomic E-state index is 11.3. The van der Waals surface area contributed by atoms with Crippen molar-refractivity contribution in [1.82, 2.24) is 5.32 Å². The van der Waals surface area contributed by atoms with Crippen LogP contribution in [0, 0.1) is 10.1 Å². The van der Waals surface area contributed by atoms with E-state index in [2.05, 4.69) is 22.5 Å². The first-order chi connectivity index (χ1) is 13.0. The van der Waals surface area contributed by atoms with Gasteiger partial charge in [0.25, 0.3) is 5.69 Å². The van der Waals surface area contributed by atoms with E-state index in [9.17, 15) is 10.1 Å². The molecule has 0 radical (unpaired) electrons. The van der Waals surface area contributed by atoms with Gasteiger partial charge < -0.3 is 20.3 Å². The highest BCUT2D eigenvalue weighted by Crippen LogP contribution is 2.30. The predicted molar refractivity (Wildman–Crippen MR) is 115 cm³/mol. The van der Waals surface area contributed by atoms with E-state index in [1.165, 1.54) is 0 Å². The topological polar surface area (TPSA) is 79.7 Å². The molecule has 9 heteroatoms. The third-order valence-corrected chi connectivity index (χ3v) is 4.66. The predicted octanol–water partition coefficient (Wildman–Crippen LogP) is 3.96. The molecular formula is C19H24Cl2N4O3. The van der Waals surface area contributed by atoms with Crippen molar-refractivity contribution in [1.29, 1.82) is 0 Å². The Bertz CT molecular complexity index is 789. The number of piperazine rings is 1. The lowest BCUT2D eigenvalue weighted by Crippen LogP contribution is -2.49. The molecule has 1 heterocycles. The summed E-state index contributed by atoms with van der Waals surface area (Å²) in [5.41, 5.74) is 1.55. The van der Waals surface area contributed by atoms with Crippen molar-refractivity contribution in [3.05, 3.63) is 57.6 Å². The standard InChI is InChI=1S/C19H23ClN4O3.ClH/c1-14-13-23(10-8-21-14)16-4-7-19(24(25)26)18(12-16)22-9-11-27-17-5-2-15(20)3-6-17;/h2-7,12,14,21-22H,8-11,13H2,1H3;1H. The van der Waals surface area contributed by atoms with Gasteiger partial charge in [-0.05, 0) is 43.3 Å². The van der Waals surface area contributed by atoms with E-state index in [-0.39, 0.29) is 23.0 Å². The third-order valence-electron chi connectivity index (χ3n) is 4.41. The number of benzene rings is 2. The largest absolute Gasteiger partial charge is 0.492 e.